The zero-order valence-electron chi connectivity index (χ0n) is 36.4. The number of aliphatic hydroxyl groups excluding tert-OH is 2. The van der Waals surface area contributed by atoms with E-state index in [1.165, 1.54) is 13.8 Å². The number of imidazole rings is 1. The number of rotatable bonds is 28. The van der Waals surface area contributed by atoms with Crippen LogP contribution in [0.2, 0.25) is 0 Å². The van der Waals surface area contributed by atoms with Gasteiger partial charge in [0.15, 0.2) is 28.6 Å². The Morgan fingerprint density at radius 3 is 2.45 bits per heavy atom. The lowest BCUT2D eigenvalue weighted by atomic mass is 9.87. The number of nitrogens with two attached hydrogens (primary N) is 1. The van der Waals surface area contributed by atoms with Gasteiger partial charge >= 0.3 is 23.5 Å². The first-order valence-corrected chi connectivity index (χ1v) is 26.4. The fourth-order valence-corrected chi connectivity index (χ4v) is 10.4. The minimum absolute atomic E-state index is 0.000278. The Morgan fingerprint density at radius 2 is 1.74 bits per heavy atom. The first kappa shape index (κ1) is 55.3. The summed E-state index contributed by atoms with van der Waals surface area (Å²) in [5.41, 5.74) is 4.25. The number of aliphatic hydroxyl groups is 2. The molecule has 4 rings (SSSR count). The second kappa shape index (κ2) is 24.8. The van der Waals surface area contributed by atoms with Crippen molar-refractivity contribution in [1.82, 2.24) is 30.2 Å². The molecule has 1 saturated heterocycles. The molecular weight excluding hydrogens is 955 g/mol. The summed E-state index contributed by atoms with van der Waals surface area (Å²) in [6, 6.07) is 0. The summed E-state index contributed by atoms with van der Waals surface area (Å²) < 4.78 is 62.4. The quantitative estimate of drug-likeness (QED) is 0.0335. The Morgan fingerprint density at radius 1 is 1.02 bits per heavy atom. The number of nitrogens with one attached hydrogen (secondary N) is 2. The predicted molar refractivity (Wildman–Crippen MR) is 235 cm³/mol. The van der Waals surface area contributed by atoms with Gasteiger partial charge < -0.3 is 50.9 Å². The average molecular weight is 1010 g/mol. The van der Waals surface area contributed by atoms with Crippen LogP contribution in [0.5, 0.6) is 0 Å². The number of anilines is 1. The maximum atomic E-state index is 12.7. The molecule has 66 heavy (non-hydrogen) atoms. The number of ketones is 1. The number of hydrogen-bond acceptors (Lipinski definition) is 19. The van der Waals surface area contributed by atoms with Crippen LogP contribution < -0.4 is 16.4 Å². The first-order valence-electron chi connectivity index (χ1n) is 20.8. The molecule has 9 atom stereocenters. The number of ether oxygens (including phenoxy) is 1. The molecule has 29 heteroatoms. The number of amides is 2. The van der Waals surface area contributed by atoms with Gasteiger partial charge in [0.2, 0.25) is 11.8 Å². The lowest BCUT2D eigenvalue weighted by Gasteiger charge is -2.30. The second-order valence-corrected chi connectivity index (χ2v) is 21.4. The van der Waals surface area contributed by atoms with Crippen LogP contribution in [-0.2, 0) is 55.5 Å². The topological polar surface area (TPSA) is 381 Å². The molecule has 2 unspecified atom stereocenters. The van der Waals surface area contributed by atoms with Crippen LogP contribution in [0.25, 0.3) is 11.2 Å². The molecule has 1 aliphatic heterocycles. The number of nitrogens with zero attached hydrogens (tertiary/aromatic N) is 4. The second-order valence-electron chi connectivity index (χ2n) is 16.0. The molecule has 0 spiro atoms. The molecule has 1 aliphatic carbocycles. The number of allylic oxidation sites excluding steroid dienone is 4. The monoisotopic (exact) mass is 1010 g/mol. The van der Waals surface area contributed by atoms with Gasteiger partial charge in [0.25, 0.3) is 0 Å². The van der Waals surface area contributed by atoms with E-state index in [0.717, 1.165) is 67.5 Å². The Hall–Kier alpha value is -3.29. The molecule has 25 nitrogen and oxygen atoms in total. The molecule has 1 fully saturated rings. The number of carbonyl (C=O) groups excluding carboxylic acids is 4. The van der Waals surface area contributed by atoms with Gasteiger partial charge in [0.1, 0.15) is 36.3 Å². The third kappa shape index (κ3) is 17.0. The molecule has 370 valence electrons. The van der Waals surface area contributed by atoms with Gasteiger partial charge in [-0.25, -0.2) is 28.6 Å². The number of fused-ring (bicyclic) bond motifs is 1. The van der Waals surface area contributed by atoms with Crippen LogP contribution in [0, 0.1) is 17.3 Å². The smallest absolute Gasteiger partial charge is 0.386 e. The summed E-state index contributed by atoms with van der Waals surface area (Å²) >= 11 is 1.10. The Kier molecular flexibility index (Phi) is 20.8. The number of phosphoric acid groups is 3. The van der Waals surface area contributed by atoms with Crippen molar-refractivity contribution in [2.75, 3.05) is 37.8 Å². The highest BCUT2D eigenvalue weighted by atomic mass is 32.2. The van der Waals surface area contributed by atoms with Crippen molar-refractivity contribution in [3.05, 3.63) is 37.0 Å². The zero-order chi connectivity index (χ0) is 48.9. The number of hydrogen-bond donors (Lipinski definition) is 9. The van der Waals surface area contributed by atoms with Gasteiger partial charge in [-0.05, 0) is 37.7 Å². The summed E-state index contributed by atoms with van der Waals surface area (Å²) in [6.45, 7) is 2.51. The Labute approximate surface area is 384 Å². The molecule has 2 aromatic rings. The highest BCUT2D eigenvalue weighted by Crippen LogP contribution is 2.61. The van der Waals surface area contributed by atoms with E-state index >= 15 is 0 Å². The minimum atomic E-state index is -5.59. The summed E-state index contributed by atoms with van der Waals surface area (Å²) in [4.78, 5) is 101. The average Bonchev–Trinajstić information content (AvgIpc) is 3.91. The number of phosphoric ester groups is 3. The lowest BCUT2D eigenvalue weighted by Crippen LogP contribution is -2.46. The van der Waals surface area contributed by atoms with Crippen LogP contribution in [0.3, 0.4) is 0 Å². The largest absolute Gasteiger partial charge is 0.481 e. The summed E-state index contributed by atoms with van der Waals surface area (Å²) in [5.74, 6) is -0.729. The van der Waals surface area contributed by atoms with Gasteiger partial charge in [-0.2, -0.15) is 4.31 Å². The van der Waals surface area contributed by atoms with Crippen molar-refractivity contribution < 1.29 is 85.3 Å². The molecule has 0 bridgehead atoms. The molecule has 0 saturated carbocycles. The van der Waals surface area contributed by atoms with E-state index in [2.05, 4.69) is 46.6 Å². The number of carbonyl (C=O) groups is 4. The summed E-state index contributed by atoms with van der Waals surface area (Å²) in [5, 5.41) is 26.6. The van der Waals surface area contributed by atoms with E-state index in [4.69, 9.17) is 19.5 Å². The van der Waals surface area contributed by atoms with Crippen LogP contribution >= 0.6 is 35.2 Å². The molecule has 2 amide bonds. The predicted octanol–water partition coefficient (Wildman–Crippen LogP) is 2.34. The van der Waals surface area contributed by atoms with Crippen LogP contribution in [0.1, 0.15) is 78.4 Å². The molecule has 2 aliphatic rings. The minimum Gasteiger partial charge on any atom is -0.386 e. The highest BCUT2D eigenvalue weighted by Gasteiger charge is 2.50. The summed E-state index contributed by atoms with van der Waals surface area (Å²) in [7, 11) is -16.4. The van der Waals surface area contributed by atoms with E-state index < -0.39 is 84.6 Å². The van der Waals surface area contributed by atoms with Gasteiger partial charge in [-0.15, -0.1) is 0 Å². The highest BCUT2D eigenvalue weighted by molar-refractivity contribution is 8.13. The van der Waals surface area contributed by atoms with Crippen LogP contribution in [0.15, 0.2) is 37.0 Å². The Bertz CT molecular complexity index is 2210. The molecule has 0 radical (unpaired) electrons. The van der Waals surface area contributed by atoms with Gasteiger partial charge in [0, 0.05) is 43.0 Å². The first-order chi connectivity index (χ1) is 30.9. The normalized spacial score (nSPS) is 23.6. The molecule has 0 aromatic carbocycles. The van der Waals surface area contributed by atoms with E-state index in [9.17, 15) is 62.7 Å². The third-order valence-electron chi connectivity index (χ3n) is 10.4. The van der Waals surface area contributed by atoms with Crippen LogP contribution in [-0.4, -0.2) is 128 Å². The van der Waals surface area contributed by atoms with Crippen molar-refractivity contribution in [2.24, 2.45) is 17.3 Å². The lowest BCUT2D eigenvalue weighted by molar-refractivity contribution is -0.137. The van der Waals surface area contributed by atoms with E-state index in [1.807, 2.05) is 13.0 Å². The Balaban J connectivity index is 1.12. The number of nitrogen functional groups attached to an aromatic ring is 1. The fraction of sp³-hybridized carbons (Fsp3) is 0.649. The van der Waals surface area contributed by atoms with E-state index in [0.29, 0.717) is 12.2 Å². The van der Waals surface area contributed by atoms with Crippen molar-refractivity contribution in [2.45, 2.75) is 103 Å². The number of unbranched alkanes of at least 4 members (excludes halogenated alkanes) is 2. The molecular formula is C37H58N7O18P3S. The zero-order valence-corrected chi connectivity index (χ0v) is 39.9. The number of aromatic nitrogens is 4. The molecule has 3 heterocycles. The van der Waals surface area contributed by atoms with Gasteiger partial charge in [0.05, 0.1) is 19.5 Å². The standard InChI is InChI=1S/C37H58N7O18P3S/c1-4-5-7-11-24-23(13-14-25(24)45)10-8-6-9-12-28(47)66-18-17-39-27(46)15-16-40-35(50)32(49)37(2,3)20-59-65(56,57)62-64(54,55)58-19-26-31(61-63(51,52)53)30(48)36(60-26)44-22-43-29-33(38)41-21-42-34(29)44/h5,7,13-14,21-24,26,30-32,36,48-49H,4,6,8-12,15-20H2,1-3H3,(H,39,46)(H,40,50)(H,54,55)(H,56,57)(H2,38,41,42)(H2,51,52,53)/b7-5-/t23-,24-,26+,30+,31+,32-,36+/m0/s1. The van der Waals surface area contributed by atoms with Crippen molar-refractivity contribution in [3.8, 4) is 0 Å². The van der Waals surface area contributed by atoms with E-state index in [-0.39, 0.29) is 59.2 Å². The van der Waals surface area contributed by atoms with Crippen molar-refractivity contribution in [3.63, 3.8) is 0 Å². The molecule has 2 aromatic heterocycles. The van der Waals surface area contributed by atoms with Gasteiger partial charge in [-0.3, -0.25) is 37.3 Å². The van der Waals surface area contributed by atoms with E-state index in [1.54, 1.807) is 6.08 Å². The van der Waals surface area contributed by atoms with Crippen molar-refractivity contribution >= 4 is 74.9 Å². The summed E-state index contributed by atoms with van der Waals surface area (Å²) in [6.07, 6.45) is 6.28. The van der Waals surface area contributed by atoms with Crippen molar-refractivity contribution in [1.29, 1.82) is 0 Å². The van der Waals surface area contributed by atoms with Gasteiger partial charge in [-0.1, -0.05) is 63.6 Å². The fourth-order valence-electron chi connectivity index (χ4n) is 6.88. The third-order valence-corrected chi connectivity index (χ3v) is 14.4. The maximum absolute atomic E-state index is 12.7. The van der Waals surface area contributed by atoms with Crippen LogP contribution in [0.4, 0.5) is 5.82 Å². The maximum Gasteiger partial charge on any atom is 0.481 e. The molecule has 10 N–H and O–H groups in total. The SMILES string of the molecule is CC/C=C\C[C@@H]1C(=O)C=C[C@@H]1CCCCCC(=O)SCCNC(=O)CCNC(=O)[C@H](O)C(C)(C)COP(=O)(O)OP(=O)(O)OC[C@H]1O[C@@H](n2cnc3c(N)ncnc32)[C@H](O)[C@@H]1OP(=O)(O)O. The number of thioether (sulfide) groups is 1.